The lowest BCUT2D eigenvalue weighted by Gasteiger charge is -2.27. The summed E-state index contributed by atoms with van der Waals surface area (Å²) < 4.78 is 11.1. The zero-order chi connectivity index (χ0) is 14.7. The molecule has 1 aliphatic heterocycles. The molecule has 0 saturated heterocycles. The van der Waals surface area contributed by atoms with Gasteiger partial charge in [0.15, 0.2) is 0 Å². The normalized spacial score (nSPS) is 17.0. The van der Waals surface area contributed by atoms with Crippen LogP contribution < -0.4 is 14.8 Å². The molecule has 2 aromatic carbocycles. The highest BCUT2D eigenvalue weighted by Gasteiger charge is 2.21. The summed E-state index contributed by atoms with van der Waals surface area (Å²) in [5.74, 6) is 1.84. The number of rotatable bonds is 4. The van der Waals surface area contributed by atoms with Gasteiger partial charge in [-0.05, 0) is 36.2 Å². The van der Waals surface area contributed by atoms with E-state index in [0.29, 0.717) is 6.04 Å². The van der Waals surface area contributed by atoms with Crippen molar-refractivity contribution in [1.82, 2.24) is 5.32 Å². The lowest BCUT2D eigenvalue weighted by Crippen LogP contribution is -2.27. The average Bonchev–Trinajstić information content (AvgIpc) is 2.53. The van der Waals surface area contributed by atoms with Crippen LogP contribution in [0.3, 0.4) is 0 Å². The minimum Gasteiger partial charge on any atom is -0.497 e. The molecule has 1 aliphatic rings. The Labute approximate surface area is 125 Å². The first-order valence-electron chi connectivity index (χ1n) is 7.36. The summed E-state index contributed by atoms with van der Waals surface area (Å²) in [5, 5.41) is 3.65. The van der Waals surface area contributed by atoms with E-state index in [2.05, 4.69) is 42.6 Å². The molecular weight excluding hydrogens is 262 g/mol. The quantitative estimate of drug-likeness (QED) is 0.929. The molecule has 1 N–H and O–H groups in total. The van der Waals surface area contributed by atoms with Crippen LogP contribution >= 0.6 is 0 Å². The van der Waals surface area contributed by atoms with E-state index in [0.717, 1.165) is 31.1 Å². The van der Waals surface area contributed by atoms with Gasteiger partial charge < -0.3 is 14.8 Å². The number of nitrogens with one attached hydrogen (secondary N) is 1. The Bertz CT molecular complexity index is 624. The fraction of sp³-hybridized carbons (Fsp3) is 0.333. The zero-order valence-corrected chi connectivity index (χ0v) is 12.6. The minimum absolute atomic E-state index is 0.309. The van der Waals surface area contributed by atoms with Crippen molar-refractivity contribution in [2.75, 3.05) is 13.7 Å². The van der Waals surface area contributed by atoms with E-state index in [1.807, 2.05) is 12.1 Å². The Kier molecular flexibility index (Phi) is 4.11. The third kappa shape index (κ3) is 3.03. The Morgan fingerprint density at radius 1 is 1.24 bits per heavy atom. The van der Waals surface area contributed by atoms with Crippen LogP contribution in [0, 0.1) is 6.92 Å². The van der Waals surface area contributed by atoms with Gasteiger partial charge in [0, 0.05) is 24.6 Å². The molecular formula is C18H21NO2. The largest absolute Gasteiger partial charge is 0.497 e. The van der Waals surface area contributed by atoms with Gasteiger partial charge in [-0.1, -0.05) is 24.3 Å². The topological polar surface area (TPSA) is 30.5 Å². The Morgan fingerprint density at radius 3 is 2.90 bits per heavy atom. The van der Waals surface area contributed by atoms with Crippen molar-refractivity contribution >= 4 is 0 Å². The Balaban J connectivity index is 1.77. The van der Waals surface area contributed by atoms with Gasteiger partial charge >= 0.3 is 0 Å². The summed E-state index contributed by atoms with van der Waals surface area (Å²) in [6.07, 6.45) is 0.978. The predicted molar refractivity (Wildman–Crippen MR) is 83.9 cm³/mol. The van der Waals surface area contributed by atoms with E-state index >= 15 is 0 Å². The summed E-state index contributed by atoms with van der Waals surface area (Å²) in [7, 11) is 1.70. The second kappa shape index (κ2) is 6.19. The van der Waals surface area contributed by atoms with E-state index in [9.17, 15) is 0 Å². The number of methoxy groups -OCH3 is 1. The second-order valence-corrected chi connectivity index (χ2v) is 5.40. The molecule has 1 atom stereocenters. The maximum absolute atomic E-state index is 5.73. The molecule has 110 valence electrons. The summed E-state index contributed by atoms with van der Waals surface area (Å²) in [4.78, 5) is 0. The van der Waals surface area contributed by atoms with Crippen molar-refractivity contribution in [3.05, 3.63) is 59.2 Å². The van der Waals surface area contributed by atoms with Crippen LogP contribution in [0.4, 0.5) is 0 Å². The molecule has 0 aliphatic carbocycles. The average molecular weight is 283 g/mol. The van der Waals surface area contributed by atoms with Gasteiger partial charge in [-0.25, -0.2) is 0 Å². The van der Waals surface area contributed by atoms with E-state index in [-0.39, 0.29) is 0 Å². The molecule has 0 radical (unpaired) electrons. The SMILES string of the molecule is COc1ccc2c(c1)C(NCc1ccccc1C)CCO2. The van der Waals surface area contributed by atoms with Crippen molar-refractivity contribution in [3.8, 4) is 11.5 Å². The molecule has 3 rings (SSSR count). The third-order valence-electron chi connectivity index (χ3n) is 4.06. The van der Waals surface area contributed by atoms with Gasteiger partial charge in [-0.3, -0.25) is 0 Å². The first-order chi connectivity index (χ1) is 10.3. The van der Waals surface area contributed by atoms with Crippen LogP contribution in [-0.2, 0) is 6.54 Å². The number of benzene rings is 2. The molecule has 0 spiro atoms. The standard InChI is InChI=1S/C18H21NO2/c1-13-5-3-4-6-14(13)12-19-17-9-10-21-18-8-7-15(20-2)11-16(17)18/h3-8,11,17,19H,9-10,12H2,1-2H3. The van der Waals surface area contributed by atoms with Gasteiger partial charge in [0.05, 0.1) is 13.7 Å². The van der Waals surface area contributed by atoms with Crippen molar-refractivity contribution in [3.63, 3.8) is 0 Å². The first kappa shape index (κ1) is 14.0. The summed E-state index contributed by atoms with van der Waals surface area (Å²) in [5.41, 5.74) is 3.85. The van der Waals surface area contributed by atoms with Crippen LogP contribution in [-0.4, -0.2) is 13.7 Å². The van der Waals surface area contributed by atoms with Gasteiger partial charge in [0.1, 0.15) is 11.5 Å². The van der Waals surface area contributed by atoms with Gasteiger partial charge in [-0.2, -0.15) is 0 Å². The minimum atomic E-state index is 0.309. The van der Waals surface area contributed by atoms with Crippen LogP contribution in [0.1, 0.15) is 29.2 Å². The summed E-state index contributed by atoms with van der Waals surface area (Å²) >= 11 is 0. The summed E-state index contributed by atoms with van der Waals surface area (Å²) in [6, 6.07) is 14.8. The van der Waals surface area contributed by atoms with Crippen LogP contribution in [0.5, 0.6) is 11.5 Å². The van der Waals surface area contributed by atoms with E-state index in [1.165, 1.54) is 16.7 Å². The molecule has 0 bridgehead atoms. The number of hydrogen-bond acceptors (Lipinski definition) is 3. The van der Waals surface area contributed by atoms with E-state index in [1.54, 1.807) is 7.11 Å². The molecule has 0 fully saturated rings. The maximum Gasteiger partial charge on any atom is 0.124 e. The monoisotopic (exact) mass is 283 g/mol. The maximum atomic E-state index is 5.73. The van der Waals surface area contributed by atoms with E-state index < -0.39 is 0 Å². The van der Waals surface area contributed by atoms with Crippen LogP contribution in [0.2, 0.25) is 0 Å². The van der Waals surface area contributed by atoms with E-state index in [4.69, 9.17) is 9.47 Å². The lowest BCUT2D eigenvalue weighted by atomic mass is 9.99. The third-order valence-corrected chi connectivity index (χ3v) is 4.06. The lowest BCUT2D eigenvalue weighted by molar-refractivity contribution is 0.251. The molecule has 21 heavy (non-hydrogen) atoms. The number of ether oxygens (including phenoxy) is 2. The van der Waals surface area contributed by atoms with Crippen molar-refractivity contribution in [2.45, 2.75) is 25.9 Å². The van der Waals surface area contributed by atoms with Crippen molar-refractivity contribution < 1.29 is 9.47 Å². The van der Waals surface area contributed by atoms with Gasteiger partial charge in [0.2, 0.25) is 0 Å². The highest BCUT2D eigenvalue weighted by Crippen LogP contribution is 2.34. The highest BCUT2D eigenvalue weighted by molar-refractivity contribution is 5.43. The zero-order valence-electron chi connectivity index (χ0n) is 12.6. The molecule has 0 amide bonds. The molecule has 3 nitrogen and oxygen atoms in total. The van der Waals surface area contributed by atoms with Crippen molar-refractivity contribution in [2.24, 2.45) is 0 Å². The number of hydrogen-bond donors (Lipinski definition) is 1. The number of aryl methyl sites for hydroxylation is 1. The molecule has 1 unspecified atom stereocenters. The Morgan fingerprint density at radius 2 is 2.10 bits per heavy atom. The predicted octanol–water partition coefficient (Wildman–Crippen LogP) is 3.62. The molecule has 1 heterocycles. The van der Waals surface area contributed by atoms with Crippen molar-refractivity contribution in [1.29, 1.82) is 0 Å². The molecule has 3 heteroatoms. The van der Waals surface area contributed by atoms with Gasteiger partial charge in [-0.15, -0.1) is 0 Å². The van der Waals surface area contributed by atoms with Crippen LogP contribution in [0.25, 0.3) is 0 Å². The highest BCUT2D eigenvalue weighted by atomic mass is 16.5. The molecule has 2 aromatic rings. The van der Waals surface area contributed by atoms with Gasteiger partial charge in [0.25, 0.3) is 0 Å². The fourth-order valence-corrected chi connectivity index (χ4v) is 2.75. The second-order valence-electron chi connectivity index (χ2n) is 5.40. The molecule has 0 saturated carbocycles. The summed E-state index contributed by atoms with van der Waals surface area (Å²) in [6.45, 7) is 3.77. The smallest absolute Gasteiger partial charge is 0.124 e. The molecule has 0 aromatic heterocycles. The number of fused-ring (bicyclic) bond motifs is 1. The fourth-order valence-electron chi connectivity index (χ4n) is 2.75. The first-order valence-corrected chi connectivity index (χ1v) is 7.36. The Hall–Kier alpha value is -2.00. The van der Waals surface area contributed by atoms with Crippen LogP contribution in [0.15, 0.2) is 42.5 Å².